The van der Waals surface area contributed by atoms with Gasteiger partial charge in [0.1, 0.15) is 5.78 Å². The summed E-state index contributed by atoms with van der Waals surface area (Å²) in [6, 6.07) is 7.15. The summed E-state index contributed by atoms with van der Waals surface area (Å²) in [5, 5.41) is 0.751. The summed E-state index contributed by atoms with van der Waals surface area (Å²) in [6.45, 7) is 11.2. The zero-order chi connectivity index (χ0) is 21.8. The lowest BCUT2D eigenvalue weighted by Crippen LogP contribution is -2.41. The number of carbonyl (C=O) groups excluding carboxylic acids is 3. The van der Waals surface area contributed by atoms with Gasteiger partial charge in [0, 0.05) is 37.5 Å². The highest BCUT2D eigenvalue weighted by Gasteiger charge is 2.37. The minimum Gasteiger partial charge on any atom is -0.465 e. The van der Waals surface area contributed by atoms with Crippen LogP contribution >= 0.6 is 0 Å². The largest absolute Gasteiger partial charge is 0.465 e. The molecule has 0 spiro atoms. The van der Waals surface area contributed by atoms with E-state index in [0.717, 1.165) is 0 Å². The molecule has 0 bridgehead atoms. The summed E-state index contributed by atoms with van der Waals surface area (Å²) >= 11 is 0. The molecule has 29 heavy (non-hydrogen) atoms. The first-order chi connectivity index (χ1) is 13.5. The number of esters is 1. The number of para-hydroxylation sites is 1. The van der Waals surface area contributed by atoms with Gasteiger partial charge in [0.15, 0.2) is 8.32 Å². The molecule has 0 aliphatic rings. The van der Waals surface area contributed by atoms with Crippen LogP contribution in [0, 0.1) is 0 Å². The number of nitrogens with zero attached hydrogens (tertiary/aromatic N) is 1. The van der Waals surface area contributed by atoms with Crippen molar-refractivity contribution in [2.24, 2.45) is 0 Å². The van der Waals surface area contributed by atoms with E-state index in [4.69, 9.17) is 9.16 Å². The highest BCUT2D eigenvalue weighted by molar-refractivity contribution is 6.74. The molecular weight excluding hydrogens is 386 g/mol. The minimum absolute atomic E-state index is 0.00159. The van der Waals surface area contributed by atoms with Gasteiger partial charge in [0.25, 0.3) is 0 Å². The van der Waals surface area contributed by atoms with Gasteiger partial charge < -0.3 is 9.16 Å². The van der Waals surface area contributed by atoms with E-state index in [1.807, 2.05) is 0 Å². The van der Waals surface area contributed by atoms with E-state index in [9.17, 15) is 14.4 Å². The van der Waals surface area contributed by atoms with Crippen molar-refractivity contribution in [1.82, 2.24) is 4.57 Å². The molecule has 0 atom stereocenters. The first kappa shape index (κ1) is 23.0. The Morgan fingerprint density at radius 3 is 2.31 bits per heavy atom. The molecular formula is C22H31NO5Si. The first-order valence-electron chi connectivity index (χ1n) is 9.85. The van der Waals surface area contributed by atoms with Crippen molar-refractivity contribution < 1.29 is 23.5 Å². The number of hydrogen-bond acceptors (Lipinski definition) is 5. The van der Waals surface area contributed by atoms with Gasteiger partial charge in [-0.3, -0.25) is 14.2 Å². The molecule has 0 aliphatic heterocycles. The van der Waals surface area contributed by atoms with Crippen molar-refractivity contribution in [1.29, 1.82) is 0 Å². The Balaban J connectivity index is 1.98. The van der Waals surface area contributed by atoms with E-state index in [0.29, 0.717) is 29.5 Å². The van der Waals surface area contributed by atoms with Crippen LogP contribution in [0.15, 0.2) is 30.5 Å². The second-order valence-corrected chi connectivity index (χ2v) is 13.5. The maximum absolute atomic E-state index is 12.7. The van der Waals surface area contributed by atoms with Crippen molar-refractivity contribution in [3.63, 3.8) is 0 Å². The minimum atomic E-state index is -1.88. The smallest absolute Gasteiger partial charge is 0.340 e. The van der Waals surface area contributed by atoms with Gasteiger partial charge in [0.2, 0.25) is 5.91 Å². The Bertz CT molecular complexity index is 908. The number of rotatable bonds is 8. The molecule has 158 valence electrons. The van der Waals surface area contributed by atoms with Crippen LogP contribution in [-0.2, 0) is 14.0 Å². The summed E-state index contributed by atoms with van der Waals surface area (Å²) in [4.78, 5) is 36.9. The van der Waals surface area contributed by atoms with Crippen LogP contribution in [0.5, 0.6) is 0 Å². The topological polar surface area (TPSA) is 74.6 Å². The SMILES string of the molecule is COC(=O)c1cn(C(=O)CCC(=O)CCO[Si](C)(C)C(C)(C)C)c2ccccc12. The maximum atomic E-state index is 12.7. The summed E-state index contributed by atoms with van der Waals surface area (Å²) in [5.74, 6) is -0.719. The van der Waals surface area contributed by atoms with Crippen molar-refractivity contribution in [2.45, 2.75) is 58.2 Å². The Labute approximate surface area is 173 Å². The Morgan fingerprint density at radius 2 is 1.69 bits per heavy atom. The zero-order valence-electron chi connectivity index (χ0n) is 18.2. The highest BCUT2D eigenvalue weighted by Crippen LogP contribution is 2.36. The standard InChI is InChI=1S/C22H31NO5Si/c1-22(2,3)29(5,6)28-14-13-16(24)11-12-20(25)23-15-18(21(26)27-4)17-9-7-8-10-19(17)23/h7-10,15H,11-14H2,1-6H3. The number of hydrogen-bond donors (Lipinski definition) is 0. The molecule has 0 saturated heterocycles. The quantitative estimate of drug-likeness (QED) is 0.454. The van der Waals surface area contributed by atoms with Crippen LogP contribution in [0.4, 0.5) is 0 Å². The van der Waals surface area contributed by atoms with Crippen LogP contribution in [0.1, 0.15) is 55.2 Å². The lowest BCUT2D eigenvalue weighted by atomic mass is 10.1. The fourth-order valence-electron chi connectivity index (χ4n) is 2.79. The average molecular weight is 418 g/mol. The molecule has 0 N–H and O–H groups in total. The molecule has 1 aromatic carbocycles. The van der Waals surface area contributed by atoms with E-state index in [2.05, 4.69) is 33.9 Å². The van der Waals surface area contributed by atoms with E-state index in [1.54, 1.807) is 24.3 Å². The molecule has 6 nitrogen and oxygen atoms in total. The summed E-state index contributed by atoms with van der Waals surface area (Å²) in [6.07, 6.45) is 2.03. The monoisotopic (exact) mass is 417 g/mol. The van der Waals surface area contributed by atoms with Crippen LogP contribution < -0.4 is 0 Å². The van der Waals surface area contributed by atoms with Crippen LogP contribution in [0.2, 0.25) is 18.1 Å². The first-order valence-corrected chi connectivity index (χ1v) is 12.8. The van der Waals surface area contributed by atoms with Gasteiger partial charge >= 0.3 is 5.97 Å². The third-order valence-electron chi connectivity index (χ3n) is 5.65. The summed E-state index contributed by atoms with van der Waals surface area (Å²) in [5.41, 5.74) is 0.970. The molecule has 0 aliphatic carbocycles. The van der Waals surface area contributed by atoms with Gasteiger partial charge in [-0.1, -0.05) is 39.0 Å². The van der Waals surface area contributed by atoms with Gasteiger partial charge in [-0.15, -0.1) is 0 Å². The number of fused-ring (bicyclic) bond motifs is 1. The Kier molecular flexibility index (Phi) is 7.18. The average Bonchev–Trinajstić information content (AvgIpc) is 3.04. The number of benzene rings is 1. The van der Waals surface area contributed by atoms with Crippen LogP contribution in [0.25, 0.3) is 10.9 Å². The number of carbonyl (C=O) groups is 3. The zero-order valence-corrected chi connectivity index (χ0v) is 19.2. The van der Waals surface area contributed by atoms with E-state index in [-0.39, 0.29) is 29.6 Å². The summed E-state index contributed by atoms with van der Waals surface area (Å²) < 4.78 is 12.3. The second kappa shape index (κ2) is 9.05. The molecule has 2 aromatic rings. The predicted octanol–water partition coefficient (Wildman–Crippen LogP) is 4.83. The van der Waals surface area contributed by atoms with Gasteiger partial charge in [0.05, 0.1) is 18.2 Å². The van der Waals surface area contributed by atoms with E-state index in [1.165, 1.54) is 17.9 Å². The molecule has 0 radical (unpaired) electrons. The fraction of sp³-hybridized carbons (Fsp3) is 0.500. The van der Waals surface area contributed by atoms with Crippen molar-refractivity contribution in [3.8, 4) is 0 Å². The molecule has 1 heterocycles. The van der Waals surface area contributed by atoms with Crippen LogP contribution in [-0.4, -0.2) is 44.3 Å². The third kappa shape index (κ3) is 5.42. The van der Waals surface area contributed by atoms with E-state index >= 15 is 0 Å². The lowest BCUT2D eigenvalue weighted by molar-refractivity contribution is -0.119. The maximum Gasteiger partial charge on any atom is 0.340 e. The predicted molar refractivity (Wildman–Crippen MR) is 116 cm³/mol. The molecule has 2 rings (SSSR count). The molecule has 7 heteroatoms. The fourth-order valence-corrected chi connectivity index (χ4v) is 3.83. The van der Waals surface area contributed by atoms with Gasteiger partial charge in [-0.25, -0.2) is 4.79 Å². The number of ether oxygens (including phenoxy) is 1. The molecule has 0 unspecified atom stereocenters. The number of ketones is 1. The molecule has 1 aromatic heterocycles. The molecule has 0 saturated carbocycles. The number of Topliss-reactive ketones (excluding diaryl/α,β-unsaturated/α-hetero) is 1. The number of aromatic nitrogens is 1. The Hall–Kier alpha value is -2.25. The van der Waals surface area contributed by atoms with Crippen molar-refractivity contribution in [3.05, 3.63) is 36.0 Å². The number of methoxy groups -OCH3 is 1. The molecule has 0 amide bonds. The second-order valence-electron chi connectivity index (χ2n) is 8.71. The van der Waals surface area contributed by atoms with Gasteiger partial charge in [-0.05, 0) is 24.2 Å². The molecule has 0 fully saturated rings. The lowest BCUT2D eigenvalue weighted by Gasteiger charge is -2.36. The van der Waals surface area contributed by atoms with Gasteiger partial charge in [-0.2, -0.15) is 0 Å². The highest BCUT2D eigenvalue weighted by atomic mass is 28.4. The van der Waals surface area contributed by atoms with Crippen molar-refractivity contribution >= 4 is 36.9 Å². The normalized spacial score (nSPS) is 12.2. The third-order valence-corrected chi connectivity index (χ3v) is 10.2. The Morgan fingerprint density at radius 1 is 1.03 bits per heavy atom. The van der Waals surface area contributed by atoms with E-state index < -0.39 is 14.3 Å². The van der Waals surface area contributed by atoms with Crippen LogP contribution in [0.3, 0.4) is 0 Å². The van der Waals surface area contributed by atoms with Crippen molar-refractivity contribution in [2.75, 3.05) is 13.7 Å². The summed E-state index contributed by atoms with van der Waals surface area (Å²) in [7, 11) is -0.572.